The van der Waals surface area contributed by atoms with Gasteiger partial charge in [-0.1, -0.05) is 23.7 Å². The summed E-state index contributed by atoms with van der Waals surface area (Å²) in [6, 6.07) is 11.4. The first-order valence-corrected chi connectivity index (χ1v) is 9.76. The van der Waals surface area contributed by atoms with Gasteiger partial charge in [0, 0.05) is 30.2 Å². The van der Waals surface area contributed by atoms with Crippen LogP contribution >= 0.6 is 11.6 Å². The second kappa shape index (κ2) is 9.31. The number of halogens is 2. The lowest BCUT2D eigenvalue weighted by Crippen LogP contribution is -2.55. The van der Waals surface area contributed by atoms with Crippen molar-refractivity contribution >= 4 is 17.5 Å². The number of hydrogen-bond donors (Lipinski definition) is 0. The number of rotatable bonds is 6. The molecule has 1 aliphatic heterocycles. The highest BCUT2D eigenvalue weighted by molar-refractivity contribution is 6.30. The van der Waals surface area contributed by atoms with Crippen molar-refractivity contribution in [1.82, 2.24) is 9.80 Å². The second-order valence-electron chi connectivity index (χ2n) is 7.14. The molecule has 2 aromatic rings. The Kier molecular flexibility index (Phi) is 6.80. The van der Waals surface area contributed by atoms with Crippen molar-refractivity contribution in [3.8, 4) is 11.5 Å². The molecule has 2 atom stereocenters. The van der Waals surface area contributed by atoms with Crippen LogP contribution in [0.5, 0.6) is 11.5 Å². The standard InChI is InChI=1S/C22H24ClFN2O3/c1-15-11-25(14-29-21-9-18(23)8-20(10-21)28-3)16(2)22(13-27)26(15)12-17-4-6-19(24)7-5-17/h4-10,15-16H,11-12,14H2,1-3H3/t15-,16+/m0/s1. The number of carbonyl (C=O) groups excluding carboxylic acids is 1. The zero-order valence-corrected chi connectivity index (χ0v) is 17.4. The van der Waals surface area contributed by atoms with Crippen molar-refractivity contribution in [3.05, 3.63) is 64.6 Å². The van der Waals surface area contributed by atoms with Crippen LogP contribution in [0, 0.1) is 5.82 Å². The molecule has 0 N–H and O–H groups in total. The lowest BCUT2D eigenvalue weighted by atomic mass is 10.0. The van der Waals surface area contributed by atoms with E-state index in [1.807, 2.05) is 18.7 Å². The summed E-state index contributed by atoms with van der Waals surface area (Å²) in [7, 11) is 1.57. The number of hydrogen-bond acceptors (Lipinski definition) is 5. The van der Waals surface area contributed by atoms with Crippen LogP contribution in [0.1, 0.15) is 19.4 Å². The Labute approximate surface area is 175 Å². The molecule has 0 saturated carbocycles. The summed E-state index contributed by atoms with van der Waals surface area (Å²) >= 11 is 6.09. The minimum atomic E-state index is -0.277. The number of nitrogens with zero attached hydrogens (tertiary/aromatic N) is 2. The summed E-state index contributed by atoms with van der Waals surface area (Å²) in [5.41, 5.74) is 1.49. The van der Waals surface area contributed by atoms with Gasteiger partial charge in [0.15, 0.2) is 0 Å². The zero-order chi connectivity index (χ0) is 21.0. The molecule has 29 heavy (non-hydrogen) atoms. The van der Waals surface area contributed by atoms with Gasteiger partial charge in [-0.05, 0) is 43.7 Å². The Morgan fingerprint density at radius 2 is 1.86 bits per heavy atom. The van der Waals surface area contributed by atoms with Gasteiger partial charge < -0.3 is 14.4 Å². The van der Waals surface area contributed by atoms with Crippen LogP contribution in [0.2, 0.25) is 5.02 Å². The monoisotopic (exact) mass is 418 g/mol. The second-order valence-corrected chi connectivity index (χ2v) is 7.57. The predicted octanol–water partition coefficient (Wildman–Crippen LogP) is 4.13. The van der Waals surface area contributed by atoms with E-state index in [0.717, 1.165) is 5.56 Å². The topological polar surface area (TPSA) is 42.0 Å². The Bertz CT molecular complexity index is 899. The van der Waals surface area contributed by atoms with Crippen LogP contribution in [0.15, 0.2) is 48.2 Å². The molecule has 2 aromatic carbocycles. The molecule has 0 spiro atoms. The lowest BCUT2D eigenvalue weighted by Gasteiger charge is -2.45. The molecule has 1 saturated heterocycles. The van der Waals surface area contributed by atoms with Crippen molar-refractivity contribution < 1.29 is 18.7 Å². The fourth-order valence-electron chi connectivity index (χ4n) is 3.48. The van der Waals surface area contributed by atoms with E-state index in [1.165, 1.54) is 12.1 Å². The maximum atomic E-state index is 13.2. The third-order valence-corrected chi connectivity index (χ3v) is 5.35. The van der Waals surface area contributed by atoms with E-state index in [9.17, 15) is 9.18 Å². The molecular weight excluding hydrogens is 395 g/mol. The Morgan fingerprint density at radius 1 is 1.17 bits per heavy atom. The number of benzene rings is 2. The van der Waals surface area contributed by atoms with Crippen molar-refractivity contribution in [2.75, 3.05) is 20.4 Å². The number of methoxy groups -OCH3 is 1. The highest BCUT2D eigenvalue weighted by atomic mass is 35.5. The fraction of sp³-hybridized carbons (Fsp3) is 0.364. The molecule has 3 rings (SSSR count). The fourth-order valence-corrected chi connectivity index (χ4v) is 3.69. The first-order chi connectivity index (χ1) is 13.9. The average molecular weight is 419 g/mol. The van der Waals surface area contributed by atoms with E-state index in [-0.39, 0.29) is 17.9 Å². The Morgan fingerprint density at radius 3 is 2.52 bits per heavy atom. The van der Waals surface area contributed by atoms with Gasteiger partial charge in [0.25, 0.3) is 0 Å². The van der Waals surface area contributed by atoms with Gasteiger partial charge >= 0.3 is 0 Å². The summed E-state index contributed by atoms with van der Waals surface area (Å²) in [6.07, 6.45) is 0. The molecule has 0 amide bonds. The summed E-state index contributed by atoms with van der Waals surface area (Å²) in [5, 5.41) is 0.526. The Balaban J connectivity index is 1.70. The van der Waals surface area contributed by atoms with E-state index in [4.69, 9.17) is 21.1 Å². The van der Waals surface area contributed by atoms with E-state index >= 15 is 0 Å². The molecule has 0 aliphatic carbocycles. The van der Waals surface area contributed by atoms with Crippen LogP contribution in [0.25, 0.3) is 0 Å². The first-order valence-electron chi connectivity index (χ1n) is 9.38. The first kappa shape index (κ1) is 21.2. The summed E-state index contributed by atoms with van der Waals surface area (Å²) in [6.45, 7) is 5.51. The summed E-state index contributed by atoms with van der Waals surface area (Å²) < 4.78 is 24.3. The highest BCUT2D eigenvalue weighted by Crippen LogP contribution is 2.28. The van der Waals surface area contributed by atoms with Gasteiger partial charge in [-0.25, -0.2) is 9.18 Å². The van der Waals surface area contributed by atoms with Crippen molar-refractivity contribution in [2.45, 2.75) is 32.5 Å². The minimum absolute atomic E-state index is 0.0604. The molecular formula is C22H24ClFN2O3. The molecule has 5 nitrogen and oxygen atoms in total. The van der Waals surface area contributed by atoms with Crippen molar-refractivity contribution in [1.29, 1.82) is 0 Å². The zero-order valence-electron chi connectivity index (χ0n) is 16.7. The third-order valence-electron chi connectivity index (χ3n) is 5.13. The van der Waals surface area contributed by atoms with E-state index in [1.54, 1.807) is 37.4 Å². The SMILES string of the molecule is COc1cc(Cl)cc(OCN2C[C@H](C)N(Cc3ccc(F)cc3)C(=C=O)[C@H]2C)c1. The van der Waals surface area contributed by atoms with Gasteiger partial charge in [0.1, 0.15) is 35.7 Å². The van der Waals surface area contributed by atoms with Gasteiger partial charge in [-0.3, -0.25) is 4.90 Å². The third kappa shape index (κ3) is 5.10. The lowest BCUT2D eigenvalue weighted by molar-refractivity contribution is 0.0285. The van der Waals surface area contributed by atoms with Crippen LogP contribution in [-0.2, 0) is 11.3 Å². The van der Waals surface area contributed by atoms with Crippen LogP contribution in [0.4, 0.5) is 4.39 Å². The molecule has 1 fully saturated rings. The normalized spacial score (nSPS) is 19.8. The highest BCUT2D eigenvalue weighted by Gasteiger charge is 2.34. The Hall–Kier alpha value is -2.53. The van der Waals surface area contributed by atoms with Crippen molar-refractivity contribution in [3.63, 3.8) is 0 Å². The molecule has 0 bridgehead atoms. The van der Waals surface area contributed by atoms with Crippen molar-refractivity contribution in [2.24, 2.45) is 0 Å². The molecule has 7 heteroatoms. The minimum Gasteiger partial charge on any atom is -0.497 e. The average Bonchev–Trinajstić information content (AvgIpc) is 2.70. The smallest absolute Gasteiger partial charge is 0.147 e. The van der Waals surface area contributed by atoms with E-state index in [2.05, 4.69) is 10.8 Å². The molecule has 1 aliphatic rings. The van der Waals surface area contributed by atoms with E-state index < -0.39 is 0 Å². The van der Waals surface area contributed by atoms with Gasteiger partial charge in [-0.15, -0.1) is 0 Å². The van der Waals surface area contributed by atoms with Gasteiger partial charge in [0.2, 0.25) is 0 Å². The molecule has 0 radical (unpaired) electrons. The number of piperazine rings is 1. The van der Waals surface area contributed by atoms with Gasteiger partial charge in [-0.2, -0.15) is 0 Å². The maximum absolute atomic E-state index is 13.2. The predicted molar refractivity (Wildman–Crippen MR) is 110 cm³/mol. The summed E-state index contributed by atoms with van der Waals surface area (Å²) in [4.78, 5) is 15.8. The van der Waals surface area contributed by atoms with Gasteiger partial charge in [0.05, 0.1) is 13.2 Å². The van der Waals surface area contributed by atoms with Crippen LogP contribution in [-0.4, -0.2) is 48.2 Å². The molecule has 154 valence electrons. The summed E-state index contributed by atoms with van der Waals surface area (Å²) in [5.74, 6) is 3.04. The van der Waals surface area contributed by atoms with E-state index in [0.29, 0.717) is 42.0 Å². The number of ether oxygens (including phenoxy) is 2. The van der Waals surface area contributed by atoms with Crippen LogP contribution < -0.4 is 9.47 Å². The molecule has 1 heterocycles. The maximum Gasteiger partial charge on any atom is 0.147 e. The molecule has 0 unspecified atom stereocenters. The molecule has 0 aromatic heterocycles. The quantitative estimate of drug-likeness (QED) is 0.660. The largest absolute Gasteiger partial charge is 0.497 e. The van der Waals surface area contributed by atoms with Crippen LogP contribution in [0.3, 0.4) is 0 Å².